The molecule has 0 aliphatic carbocycles. The topological polar surface area (TPSA) is 51.1 Å². The summed E-state index contributed by atoms with van der Waals surface area (Å²) in [6, 6.07) is 7.97. The molecule has 2 rings (SSSR count). The van der Waals surface area contributed by atoms with Crippen LogP contribution in [0.2, 0.25) is 5.02 Å². The number of guanidine groups is 1. The SMILES string of the molecule is CCNC(=NCC(O)c1ccccc1Cl)N1CCC(N(CC)CC)C1. The minimum absolute atomic E-state index is 0.304. The molecule has 0 saturated carbocycles. The van der Waals surface area contributed by atoms with E-state index in [0.717, 1.165) is 50.7 Å². The minimum atomic E-state index is -0.691. The zero-order valence-electron chi connectivity index (χ0n) is 15.6. The van der Waals surface area contributed by atoms with Crippen molar-refractivity contribution >= 4 is 17.6 Å². The van der Waals surface area contributed by atoms with Crippen molar-refractivity contribution in [2.24, 2.45) is 4.99 Å². The lowest BCUT2D eigenvalue weighted by Gasteiger charge is -2.27. The third-order valence-corrected chi connectivity index (χ3v) is 5.15. The molecule has 2 atom stereocenters. The van der Waals surface area contributed by atoms with Crippen LogP contribution in [0.15, 0.2) is 29.3 Å². The summed E-state index contributed by atoms with van der Waals surface area (Å²) in [5.74, 6) is 0.878. The van der Waals surface area contributed by atoms with Crippen molar-refractivity contribution in [2.45, 2.75) is 39.3 Å². The summed E-state index contributed by atoms with van der Waals surface area (Å²) in [5.41, 5.74) is 0.728. The Hall–Kier alpha value is -1.30. The van der Waals surface area contributed by atoms with E-state index in [2.05, 4.69) is 40.9 Å². The normalized spacial score (nSPS) is 19.5. The molecule has 5 nitrogen and oxygen atoms in total. The Balaban J connectivity index is 2.02. The number of halogens is 1. The first-order chi connectivity index (χ1) is 12.1. The molecule has 1 aromatic rings. The largest absolute Gasteiger partial charge is 0.386 e. The van der Waals surface area contributed by atoms with E-state index in [1.165, 1.54) is 0 Å². The predicted molar refractivity (Wildman–Crippen MR) is 105 cm³/mol. The van der Waals surface area contributed by atoms with Gasteiger partial charge in [0.15, 0.2) is 5.96 Å². The summed E-state index contributed by atoms with van der Waals surface area (Å²) in [4.78, 5) is 9.46. The van der Waals surface area contributed by atoms with Gasteiger partial charge < -0.3 is 15.3 Å². The molecule has 0 aromatic heterocycles. The maximum atomic E-state index is 10.4. The van der Waals surface area contributed by atoms with E-state index in [0.29, 0.717) is 17.6 Å². The van der Waals surface area contributed by atoms with Gasteiger partial charge in [-0.1, -0.05) is 43.6 Å². The van der Waals surface area contributed by atoms with Crippen molar-refractivity contribution in [2.75, 3.05) is 39.3 Å². The Bertz CT molecular complexity index is 562. The second kappa shape index (κ2) is 10.00. The average Bonchev–Trinajstić information content (AvgIpc) is 3.09. The number of likely N-dealkylation sites (tertiary alicyclic amines) is 1. The van der Waals surface area contributed by atoms with E-state index in [4.69, 9.17) is 11.6 Å². The van der Waals surface area contributed by atoms with Crippen LogP contribution in [0.1, 0.15) is 38.9 Å². The van der Waals surface area contributed by atoms with Gasteiger partial charge in [-0.2, -0.15) is 0 Å². The van der Waals surface area contributed by atoms with Crippen molar-refractivity contribution in [3.63, 3.8) is 0 Å². The molecule has 0 radical (unpaired) electrons. The lowest BCUT2D eigenvalue weighted by molar-refractivity contribution is 0.186. The molecule has 0 amide bonds. The van der Waals surface area contributed by atoms with Crippen molar-refractivity contribution in [3.8, 4) is 0 Å². The highest BCUT2D eigenvalue weighted by molar-refractivity contribution is 6.31. The second-order valence-electron chi connectivity index (χ2n) is 6.34. The van der Waals surface area contributed by atoms with Crippen LogP contribution in [-0.2, 0) is 0 Å². The molecular weight excluding hydrogens is 336 g/mol. The summed E-state index contributed by atoms with van der Waals surface area (Å²) in [6.07, 6.45) is 0.461. The number of hydrogen-bond acceptors (Lipinski definition) is 3. The van der Waals surface area contributed by atoms with Crippen molar-refractivity contribution in [1.82, 2.24) is 15.1 Å². The van der Waals surface area contributed by atoms with Crippen molar-refractivity contribution in [1.29, 1.82) is 0 Å². The van der Waals surface area contributed by atoms with Gasteiger partial charge in [-0.3, -0.25) is 9.89 Å². The molecule has 6 heteroatoms. The van der Waals surface area contributed by atoms with E-state index in [1.807, 2.05) is 18.2 Å². The smallest absolute Gasteiger partial charge is 0.194 e. The molecule has 1 heterocycles. The van der Waals surface area contributed by atoms with E-state index in [-0.39, 0.29) is 0 Å². The van der Waals surface area contributed by atoms with Crippen LogP contribution < -0.4 is 5.32 Å². The highest BCUT2D eigenvalue weighted by Gasteiger charge is 2.28. The standard InChI is InChI=1S/C19H31ClN4O/c1-4-21-19(24-12-11-15(14-24)23(5-2)6-3)22-13-18(25)16-9-7-8-10-17(16)20/h7-10,15,18,25H,4-6,11-14H2,1-3H3,(H,21,22). The summed E-state index contributed by atoms with van der Waals surface area (Å²) < 4.78 is 0. The molecular formula is C19H31ClN4O. The van der Waals surface area contributed by atoms with Crippen LogP contribution in [0.25, 0.3) is 0 Å². The summed E-state index contributed by atoms with van der Waals surface area (Å²) >= 11 is 6.17. The lowest BCUT2D eigenvalue weighted by atomic mass is 10.1. The highest BCUT2D eigenvalue weighted by atomic mass is 35.5. The Labute approximate surface area is 156 Å². The number of rotatable bonds is 7. The number of likely N-dealkylation sites (N-methyl/N-ethyl adjacent to an activating group) is 1. The maximum absolute atomic E-state index is 10.4. The number of benzene rings is 1. The first-order valence-electron chi connectivity index (χ1n) is 9.30. The van der Waals surface area contributed by atoms with Gasteiger partial charge in [-0.05, 0) is 32.5 Å². The van der Waals surface area contributed by atoms with E-state index in [9.17, 15) is 5.11 Å². The second-order valence-corrected chi connectivity index (χ2v) is 6.75. The third-order valence-electron chi connectivity index (χ3n) is 4.80. The maximum Gasteiger partial charge on any atom is 0.194 e. The van der Waals surface area contributed by atoms with Gasteiger partial charge in [0.2, 0.25) is 0 Å². The molecule has 25 heavy (non-hydrogen) atoms. The summed E-state index contributed by atoms with van der Waals surface area (Å²) in [7, 11) is 0. The molecule has 1 saturated heterocycles. The van der Waals surface area contributed by atoms with E-state index < -0.39 is 6.10 Å². The fourth-order valence-electron chi connectivity index (χ4n) is 3.41. The number of aliphatic hydroxyl groups is 1. The van der Waals surface area contributed by atoms with Crippen LogP contribution in [0.5, 0.6) is 0 Å². The molecule has 140 valence electrons. The first-order valence-corrected chi connectivity index (χ1v) is 9.68. The average molecular weight is 367 g/mol. The van der Waals surface area contributed by atoms with Crippen LogP contribution in [-0.4, -0.2) is 66.2 Å². The van der Waals surface area contributed by atoms with Crippen LogP contribution >= 0.6 is 11.6 Å². The van der Waals surface area contributed by atoms with Gasteiger partial charge in [0.05, 0.1) is 6.54 Å². The van der Waals surface area contributed by atoms with Crippen LogP contribution in [0, 0.1) is 0 Å². The zero-order chi connectivity index (χ0) is 18.2. The number of nitrogens with zero attached hydrogens (tertiary/aromatic N) is 3. The fourth-order valence-corrected chi connectivity index (χ4v) is 3.68. The van der Waals surface area contributed by atoms with Crippen molar-refractivity contribution < 1.29 is 5.11 Å². The Morgan fingerprint density at radius 1 is 1.36 bits per heavy atom. The Morgan fingerprint density at radius 3 is 2.72 bits per heavy atom. The van der Waals surface area contributed by atoms with Gasteiger partial charge in [-0.25, -0.2) is 0 Å². The molecule has 2 unspecified atom stereocenters. The number of nitrogens with one attached hydrogen (secondary N) is 1. The molecule has 1 aliphatic heterocycles. The Kier molecular flexibility index (Phi) is 8.00. The van der Waals surface area contributed by atoms with Gasteiger partial charge in [0, 0.05) is 36.3 Å². The lowest BCUT2D eigenvalue weighted by Crippen LogP contribution is -2.43. The molecule has 1 aliphatic rings. The summed E-state index contributed by atoms with van der Waals surface area (Å²) in [6.45, 7) is 11.7. The molecule has 0 spiro atoms. The number of aliphatic hydroxyl groups excluding tert-OH is 1. The van der Waals surface area contributed by atoms with Gasteiger partial charge in [0.25, 0.3) is 0 Å². The van der Waals surface area contributed by atoms with Gasteiger partial charge in [-0.15, -0.1) is 0 Å². The van der Waals surface area contributed by atoms with Gasteiger partial charge in [0.1, 0.15) is 6.10 Å². The minimum Gasteiger partial charge on any atom is -0.386 e. The van der Waals surface area contributed by atoms with E-state index >= 15 is 0 Å². The number of aliphatic imine (C=N–C) groups is 1. The Morgan fingerprint density at radius 2 is 2.08 bits per heavy atom. The number of hydrogen-bond donors (Lipinski definition) is 2. The molecule has 0 bridgehead atoms. The summed E-state index contributed by atoms with van der Waals surface area (Å²) in [5, 5.41) is 14.4. The third kappa shape index (κ3) is 5.33. The molecule has 2 N–H and O–H groups in total. The molecule has 1 fully saturated rings. The van der Waals surface area contributed by atoms with Gasteiger partial charge >= 0.3 is 0 Å². The molecule has 1 aromatic carbocycles. The fraction of sp³-hybridized carbons (Fsp3) is 0.632. The predicted octanol–water partition coefficient (Wildman–Crippen LogP) is 2.76. The zero-order valence-corrected chi connectivity index (χ0v) is 16.3. The first kappa shape index (κ1) is 20.0. The van der Waals surface area contributed by atoms with E-state index in [1.54, 1.807) is 6.07 Å². The quantitative estimate of drug-likeness (QED) is 0.575. The van der Waals surface area contributed by atoms with Crippen molar-refractivity contribution in [3.05, 3.63) is 34.9 Å². The van der Waals surface area contributed by atoms with Crippen LogP contribution in [0.4, 0.5) is 0 Å². The monoisotopic (exact) mass is 366 g/mol. The van der Waals surface area contributed by atoms with Crippen LogP contribution in [0.3, 0.4) is 0 Å². The highest BCUT2D eigenvalue weighted by Crippen LogP contribution is 2.23.